The highest BCUT2D eigenvalue weighted by Gasteiger charge is 2.13. The maximum atomic E-state index is 12.5. The van der Waals surface area contributed by atoms with E-state index in [0.717, 1.165) is 5.56 Å². The molecule has 37 heavy (non-hydrogen) atoms. The van der Waals surface area contributed by atoms with Crippen LogP contribution in [0.1, 0.15) is 37.8 Å². The Morgan fingerprint density at radius 2 is 1.73 bits per heavy atom. The molecular formula is C29H31NO6S. The van der Waals surface area contributed by atoms with Crippen molar-refractivity contribution in [2.24, 2.45) is 0 Å². The third-order valence-electron chi connectivity index (χ3n) is 5.14. The van der Waals surface area contributed by atoms with Gasteiger partial charge in [0.1, 0.15) is 11.9 Å². The molecule has 3 aromatic carbocycles. The van der Waals surface area contributed by atoms with Crippen molar-refractivity contribution in [1.82, 2.24) is 0 Å². The minimum absolute atomic E-state index is 0.150. The number of hydrogen-bond acceptors (Lipinski definition) is 6. The highest BCUT2D eigenvalue weighted by molar-refractivity contribution is 7.92. The fourth-order valence-electron chi connectivity index (χ4n) is 3.40. The average molecular weight is 522 g/mol. The van der Waals surface area contributed by atoms with Gasteiger partial charge in [-0.2, -0.15) is 0 Å². The Kier molecular flexibility index (Phi) is 10.1. The molecule has 0 radical (unpaired) electrons. The summed E-state index contributed by atoms with van der Waals surface area (Å²) < 4.78 is 38.6. The topological polar surface area (TPSA) is 102 Å². The van der Waals surface area contributed by atoms with Crippen LogP contribution in [0.4, 0.5) is 5.69 Å². The highest BCUT2D eigenvalue weighted by Crippen LogP contribution is 2.20. The molecule has 2 N–H and O–H groups in total. The Balaban J connectivity index is 1.53. The summed E-state index contributed by atoms with van der Waals surface area (Å²) in [6.07, 6.45) is -0.0563. The third-order valence-corrected chi connectivity index (χ3v) is 6.54. The zero-order valence-electron chi connectivity index (χ0n) is 20.9. The first-order valence-corrected chi connectivity index (χ1v) is 13.5. The van der Waals surface area contributed by atoms with Gasteiger partial charge in [-0.25, -0.2) is 8.42 Å². The Hall–Kier alpha value is -3.80. The molecule has 0 saturated carbocycles. The predicted octanol–water partition coefficient (Wildman–Crippen LogP) is 4.55. The standard InChI is InChI=1S/C29H31NO6S/c1-22(2)36-29(32)18-16-24-10-6-7-14-28(24)35-20-19-26(31)17-15-23-9-8-11-25(21-23)30-37(33,34)27-12-4-3-5-13-27/h3-14,21-22,26,30-31H,16,18-20H2,1-2H3/t26-/m0/s1. The van der Waals surface area contributed by atoms with E-state index in [2.05, 4.69) is 16.6 Å². The van der Waals surface area contributed by atoms with E-state index in [4.69, 9.17) is 9.47 Å². The first-order valence-electron chi connectivity index (χ1n) is 12.0. The van der Waals surface area contributed by atoms with Crippen molar-refractivity contribution in [3.8, 4) is 17.6 Å². The third kappa shape index (κ3) is 9.30. The van der Waals surface area contributed by atoms with Gasteiger partial charge in [-0.05, 0) is 62.2 Å². The SMILES string of the molecule is CC(C)OC(=O)CCc1ccccc1OCC[C@@H](O)C#Cc1cccc(NS(=O)(=O)c2ccccc2)c1. The molecule has 0 aliphatic carbocycles. The quantitative estimate of drug-likeness (QED) is 0.284. The van der Waals surface area contributed by atoms with Gasteiger partial charge >= 0.3 is 5.97 Å². The van der Waals surface area contributed by atoms with E-state index in [0.29, 0.717) is 23.4 Å². The number of aryl methyl sites for hydroxylation is 1. The molecule has 8 heteroatoms. The molecular weight excluding hydrogens is 490 g/mol. The lowest BCUT2D eigenvalue weighted by Crippen LogP contribution is -2.13. The van der Waals surface area contributed by atoms with Crippen LogP contribution in [0.2, 0.25) is 0 Å². The van der Waals surface area contributed by atoms with Gasteiger partial charge in [0.2, 0.25) is 0 Å². The van der Waals surface area contributed by atoms with Gasteiger partial charge < -0.3 is 14.6 Å². The summed E-state index contributed by atoms with van der Waals surface area (Å²) >= 11 is 0. The van der Waals surface area contributed by atoms with Gasteiger partial charge in [0.25, 0.3) is 10.0 Å². The van der Waals surface area contributed by atoms with Crippen LogP contribution in [0, 0.1) is 11.8 Å². The second-order valence-corrected chi connectivity index (χ2v) is 10.3. The van der Waals surface area contributed by atoms with Crippen LogP contribution in [-0.4, -0.2) is 38.3 Å². The second-order valence-electron chi connectivity index (χ2n) is 8.57. The maximum Gasteiger partial charge on any atom is 0.306 e. The van der Waals surface area contributed by atoms with Crippen LogP contribution < -0.4 is 9.46 Å². The molecule has 0 aliphatic heterocycles. The summed E-state index contributed by atoms with van der Waals surface area (Å²) in [5.74, 6) is 6.04. The molecule has 0 bridgehead atoms. The minimum atomic E-state index is -3.71. The number of carbonyl (C=O) groups is 1. The molecule has 1 atom stereocenters. The van der Waals surface area contributed by atoms with Gasteiger partial charge in [-0.3, -0.25) is 9.52 Å². The van der Waals surface area contributed by atoms with Gasteiger partial charge in [0, 0.05) is 18.4 Å². The number of aliphatic hydroxyl groups excluding tert-OH is 1. The Morgan fingerprint density at radius 3 is 2.49 bits per heavy atom. The first kappa shape index (κ1) is 27.8. The summed E-state index contributed by atoms with van der Waals surface area (Å²) in [6.45, 7) is 3.86. The van der Waals surface area contributed by atoms with Crippen molar-refractivity contribution < 1.29 is 27.8 Å². The van der Waals surface area contributed by atoms with Crippen LogP contribution >= 0.6 is 0 Å². The number of esters is 1. The number of para-hydroxylation sites is 1. The van der Waals surface area contributed by atoms with Crippen LogP contribution in [-0.2, 0) is 26.0 Å². The Morgan fingerprint density at radius 1 is 1.00 bits per heavy atom. The lowest BCUT2D eigenvalue weighted by molar-refractivity contribution is -0.147. The van der Waals surface area contributed by atoms with E-state index in [-0.39, 0.29) is 36.4 Å². The Bertz CT molecular complexity index is 1340. The molecule has 194 valence electrons. The first-order chi connectivity index (χ1) is 17.7. The molecule has 0 aromatic heterocycles. The summed E-state index contributed by atoms with van der Waals surface area (Å²) in [4.78, 5) is 12.0. The predicted molar refractivity (Wildman–Crippen MR) is 143 cm³/mol. The smallest absolute Gasteiger partial charge is 0.306 e. The van der Waals surface area contributed by atoms with Crippen LogP contribution in [0.15, 0.2) is 83.8 Å². The van der Waals surface area contributed by atoms with Crippen molar-refractivity contribution in [2.75, 3.05) is 11.3 Å². The lowest BCUT2D eigenvalue weighted by Gasteiger charge is -2.12. The van der Waals surface area contributed by atoms with Gasteiger partial charge in [-0.15, -0.1) is 0 Å². The molecule has 0 unspecified atom stereocenters. The van der Waals surface area contributed by atoms with E-state index in [9.17, 15) is 18.3 Å². The zero-order valence-corrected chi connectivity index (χ0v) is 21.7. The molecule has 3 rings (SSSR count). The van der Waals surface area contributed by atoms with E-state index in [1.165, 1.54) is 12.1 Å². The number of carbonyl (C=O) groups excluding carboxylic acids is 1. The number of aliphatic hydroxyl groups is 1. The van der Waals surface area contributed by atoms with Crippen molar-refractivity contribution in [2.45, 2.75) is 50.2 Å². The number of nitrogens with one attached hydrogen (secondary N) is 1. The van der Waals surface area contributed by atoms with Crippen molar-refractivity contribution in [3.05, 3.63) is 90.0 Å². The summed E-state index contributed by atoms with van der Waals surface area (Å²) in [7, 11) is -3.71. The zero-order chi connectivity index (χ0) is 26.7. The van der Waals surface area contributed by atoms with E-state index in [1.54, 1.807) is 42.5 Å². The number of sulfonamides is 1. The van der Waals surface area contributed by atoms with Crippen LogP contribution in [0.25, 0.3) is 0 Å². The molecule has 3 aromatic rings. The van der Waals surface area contributed by atoms with Crippen LogP contribution in [0.5, 0.6) is 5.75 Å². The van der Waals surface area contributed by atoms with Crippen molar-refractivity contribution in [3.63, 3.8) is 0 Å². The second kappa shape index (κ2) is 13.5. The average Bonchev–Trinajstić information content (AvgIpc) is 2.87. The molecule has 0 saturated heterocycles. The fourth-order valence-corrected chi connectivity index (χ4v) is 4.47. The number of benzene rings is 3. The summed E-state index contributed by atoms with van der Waals surface area (Å²) in [5, 5.41) is 10.3. The van der Waals surface area contributed by atoms with Gasteiger partial charge in [0.15, 0.2) is 0 Å². The van der Waals surface area contributed by atoms with Gasteiger partial charge in [-0.1, -0.05) is 54.3 Å². The van der Waals surface area contributed by atoms with E-state index < -0.39 is 16.1 Å². The number of rotatable bonds is 11. The van der Waals surface area contributed by atoms with E-state index in [1.807, 2.05) is 38.1 Å². The Labute approximate surface area is 218 Å². The molecule has 0 spiro atoms. The summed E-state index contributed by atoms with van der Waals surface area (Å²) in [5.41, 5.74) is 1.83. The largest absolute Gasteiger partial charge is 0.493 e. The highest BCUT2D eigenvalue weighted by atomic mass is 32.2. The maximum absolute atomic E-state index is 12.5. The summed E-state index contributed by atoms with van der Waals surface area (Å²) in [6, 6.07) is 22.2. The molecule has 0 amide bonds. The number of ether oxygens (including phenoxy) is 2. The number of anilines is 1. The minimum Gasteiger partial charge on any atom is -0.493 e. The van der Waals surface area contributed by atoms with Crippen molar-refractivity contribution in [1.29, 1.82) is 0 Å². The molecule has 7 nitrogen and oxygen atoms in total. The monoisotopic (exact) mass is 521 g/mol. The van der Waals surface area contributed by atoms with E-state index >= 15 is 0 Å². The number of hydrogen-bond donors (Lipinski definition) is 2. The molecule has 0 fully saturated rings. The fraction of sp³-hybridized carbons (Fsp3) is 0.276. The van der Waals surface area contributed by atoms with Crippen molar-refractivity contribution >= 4 is 21.7 Å². The van der Waals surface area contributed by atoms with Crippen LogP contribution in [0.3, 0.4) is 0 Å². The lowest BCUT2D eigenvalue weighted by atomic mass is 10.1. The molecule has 0 aliphatic rings. The van der Waals surface area contributed by atoms with Gasteiger partial charge in [0.05, 0.1) is 23.3 Å². The molecule has 0 heterocycles. The normalized spacial score (nSPS) is 11.8.